The summed E-state index contributed by atoms with van der Waals surface area (Å²) < 4.78 is 8.59. The molecular formula is C31H40N6O5. The average molecular weight is 577 g/mol. The number of likely N-dealkylation sites (tertiary alicyclic amines) is 1. The van der Waals surface area contributed by atoms with E-state index in [1.165, 1.54) is 0 Å². The molecule has 0 saturated carbocycles. The van der Waals surface area contributed by atoms with E-state index < -0.39 is 29.1 Å². The molecule has 4 aliphatic rings. The minimum atomic E-state index is -1.27. The maximum absolute atomic E-state index is 14.5. The van der Waals surface area contributed by atoms with Crippen LogP contribution in [0, 0.1) is 11.8 Å². The van der Waals surface area contributed by atoms with E-state index in [-0.39, 0.29) is 31.0 Å². The number of hydrogen-bond donors (Lipinski definition) is 1. The van der Waals surface area contributed by atoms with Gasteiger partial charge in [-0.05, 0) is 38.3 Å². The van der Waals surface area contributed by atoms with Gasteiger partial charge in [0, 0.05) is 32.8 Å². The van der Waals surface area contributed by atoms with Gasteiger partial charge in [-0.15, -0.1) is 5.10 Å². The van der Waals surface area contributed by atoms with E-state index in [1.807, 2.05) is 62.4 Å². The zero-order valence-electron chi connectivity index (χ0n) is 24.4. The fraction of sp³-hybridized carbons (Fsp3) is 0.581. The zero-order valence-corrected chi connectivity index (χ0v) is 24.4. The summed E-state index contributed by atoms with van der Waals surface area (Å²) in [6.07, 6.45) is 11.5. The molecule has 6 rings (SSSR count). The number of carbonyl (C=O) groups excluding carboxylic acids is 3. The number of aliphatic hydroxyl groups is 1. The van der Waals surface area contributed by atoms with Crippen molar-refractivity contribution in [2.75, 3.05) is 32.8 Å². The molecule has 11 nitrogen and oxygen atoms in total. The second-order valence-corrected chi connectivity index (χ2v) is 12.0. The lowest BCUT2D eigenvalue weighted by molar-refractivity contribution is -0.153. The molecular weight excluding hydrogens is 536 g/mol. The van der Waals surface area contributed by atoms with Crippen LogP contribution in [-0.4, -0.2) is 103 Å². The van der Waals surface area contributed by atoms with Gasteiger partial charge in [0.2, 0.25) is 11.8 Å². The first-order valence-electron chi connectivity index (χ1n) is 15.2. The van der Waals surface area contributed by atoms with E-state index in [9.17, 15) is 19.5 Å². The Labute approximate surface area is 245 Å². The summed E-state index contributed by atoms with van der Waals surface area (Å²) in [6, 6.07) is 6.68. The molecule has 3 amide bonds. The van der Waals surface area contributed by atoms with Gasteiger partial charge in [0.05, 0.1) is 23.0 Å². The molecule has 11 heteroatoms. The summed E-state index contributed by atoms with van der Waals surface area (Å²) in [4.78, 5) is 48.2. The molecule has 0 aliphatic carbocycles. The van der Waals surface area contributed by atoms with Crippen LogP contribution < -0.4 is 0 Å². The van der Waals surface area contributed by atoms with Gasteiger partial charge in [0.25, 0.3) is 5.91 Å². The largest absolute Gasteiger partial charge is 0.396 e. The lowest BCUT2D eigenvalue weighted by Crippen LogP contribution is -2.56. The predicted octanol–water partition coefficient (Wildman–Crippen LogP) is 2.12. The molecule has 4 aliphatic heterocycles. The Morgan fingerprint density at radius 1 is 0.929 bits per heavy atom. The van der Waals surface area contributed by atoms with Gasteiger partial charge in [-0.3, -0.25) is 14.4 Å². The van der Waals surface area contributed by atoms with Gasteiger partial charge in [-0.1, -0.05) is 61.4 Å². The summed E-state index contributed by atoms with van der Waals surface area (Å²) in [6.45, 7) is 5.96. The van der Waals surface area contributed by atoms with Crippen molar-refractivity contribution in [3.63, 3.8) is 0 Å². The second-order valence-electron chi connectivity index (χ2n) is 12.0. The van der Waals surface area contributed by atoms with Crippen molar-refractivity contribution in [1.29, 1.82) is 0 Å². The van der Waals surface area contributed by atoms with E-state index in [4.69, 9.17) is 4.74 Å². The van der Waals surface area contributed by atoms with E-state index in [0.717, 1.165) is 30.3 Å². The number of aromatic nitrogens is 3. The summed E-state index contributed by atoms with van der Waals surface area (Å²) in [7, 11) is 0. The molecule has 5 atom stereocenters. The molecule has 2 saturated heterocycles. The highest BCUT2D eigenvalue weighted by molar-refractivity contribution is 6.00. The average Bonchev–Trinajstić information content (AvgIpc) is 3.50. The molecule has 0 radical (unpaired) electrons. The maximum atomic E-state index is 14.5. The van der Waals surface area contributed by atoms with Gasteiger partial charge in [-0.25, -0.2) is 4.68 Å². The molecule has 1 unspecified atom stereocenters. The Morgan fingerprint density at radius 2 is 1.69 bits per heavy atom. The Hall–Kier alpha value is -3.57. The molecule has 1 spiro atoms. The first-order chi connectivity index (χ1) is 20.3. The van der Waals surface area contributed by atoms with Crippen LogP contribution in [0.25, 0.3) is 11.0 Å². The Morgan fingerprint density at radius 3 is 2.50 bits per heavy atom. The van der Waals surface area contributed by atoms with Crippen molar-refractivity contribution in [2.45, 2.75) is 69.9 Å². The molecule has 1 N–H and O–H groups in total. The molecule has 5 heterocycles. The van der Waals surface area contributed by atoms with Crippen LogP contribution in [0.15, 0.2) is 48.6 Å². The van der Waals surface area contributed by atoms with Crippen LogP contribution in [0.1, 0.15) is 46.0 Å². The quantitative estimate of drug-likeness (QED) is 0.340. The highest BCUT2D eigenvalue weighted by Crippen LogP contribution is 2.57. The summed E-state index contributed by atoms with van der Waals surface area (Å²) >= 11 is 0. The standard InChI is InChI=1S/C31H40N6O5/c1-3-16-34-17-10-14-30(2)24(27(34)39)25-28(40)36(19-8-4-5-9-20-38)26-29(41)35(18-11-15-31(25,26)42-30)21-37-23-13-7-6-12-22(23)32-33-37/h6-7,10-15,24-26,38H,3-5,8-9,16-21H2,1-2H3/t24-,25+,26?,30+,31+/m1/s1. The summed E-state index contributed by atoms with van der Waals surface area (Å²) in [5.41, 5.74) is -0.741. The van der Waals surface area contributed by atoms with Crippen molar-refractivity contribution in [2.24, 2.45) is 11.8 Å². The topological polar surface area (TPSA) is 121 Å². The second kappa shape index (κ2) is 11.3. The fourth-order valence-electron chi connectivity index (χ4n) is 7.39. The molecule has 2 aromatic rings. The number of unbranched alkanes of at least 4 members (excludes halogenated alkanes) is 3. The fourth-order valence-corrected chi connectivity index (χ4v) is 7.39. The summed E-state index contributed by atoms with van der Waals surface area (Å²) in [5.74, 6) is -2.08. The number of aliphatic hydroxyl groups excluding tert-OH is 1. The minimum absolute atomic E-state index is 0.0980. The Balaban J connectivity index is 1.37. The van der Waals surface area contributed by atoms with Gasteiger partial charge in [0.15, 0.2) is 0 Å². The molecule has 1 aromatic carbocycles. The molecule has 42 heavy (non-hydrogen) atoms. The van der Waals surface area contributed by atoms with Gasteiger partial charge < -0.3 is 24.5 Å². The highest BCUT2D eigenvalue weighted by atomic mass is 16.5. The van der Waals surface area contributed by atoms with Crippen LogP contribution >= 0.6 is 0 Å². The number of amides is 3. The highest BCUT2D eigenvalue weighted by Gasteiger charge is 2.74. The van der Waals surface area contributed by atoms with Crippen LogP contribution in [0.2, 0.25) is 0 Å². The number of ether oxygens (including phenoxy) is 1. The third kappa shape index (κ3) is 4.53. The smallest absolute Gasteiger partial charge is 0.250 e. The number of fused-ring (bicyclic) bond motifs is 3. The lowest BCUT2D eigenvalue weighted by atomic mass is 9.74. The van der Waals surface area contributed by atoms with E-state index >= 15 is 0 Å². The normalized spacial score (nSPS) is 30.6. The van der Waals surface area contributed by atoms with Crippen LogP contribution in [0.3, 0.4) is 0 Å². The number of carbonyl (C=O) groups is 3. The molecule has 2 fully saturated rings. The van der Waals surface area contributed by atoms with E-state index in [0.29, 0.717) is 39.0 Å². The third-order valence-electron chi connectivity index (χ3n) is 9.25. The van der Waals surface area contributed by atoms with Crippen molar-refractivity contribution in [3.05, 3.63) is 48.6 Å². The van der Waals surface area contributed by atoms with Crippen LogP contribution in [-0.2, 0) is 25.8 Å². The number of hydrogen-bond acceptors (Lipinski definition) is 7. The first kappa shape index (κ1) is 28.5. The van der Waals surface area contributed by atoms with Gasteiger partial charge >= 0.3 is 0 Å². The first-order valence-corrected chi connectivity index (χ1v) is 15.2. The van der Waals surface area contributed by atoms with Gasteiger partial charge in [-0.2, -0.15) is 0 Å². The van der Waals surface area contributed by atoms with E-state index in [1.54, 1.807) is 19.4 Å². The minimum Gasteiger partial charge on any atom is -0.396 e. The van der Waals surface area contributed by atoms with Crippen LogP contribution in [0.4, 0.5) is 0 Å². The number of rotatable bonds is 10. The van der Waals surface area contributed by atoms with Gasteiger partial charge in [0.1, 0.15) is 23.8 Å². The Bertz CT molecular complexity index is 1420. The summed E-state index contributed by atoms with van der Waals surface area (Å²) in [5, 5.41) is 17.7. The monoisotopic (exact) mass is 576 g/mol. The van der Waals surface area contributed by atoms with Crippen molar-refractivity contribution in [3.8, 4) is 0 Å². The van der Waals surface area contributed by atoms with E-state index in [2.05, 4.69) is 10.3 Å². The number of benzene rings is 1. The van der Waals surface area contributed by atoms with Crippen molar-refractivity contribution < 1.29 is 24.2 Å². The maximum Gasteiger partial charge on any atom is 0.250 e. The SMILES string of the molecule is CCCN1CC=C[C@]2(C)O[C@]34C=CCN(Cn5nnc6ccccc65)C(=O)C3N(CCCCCCO)C(=O)[C@@H]4[C@@H]2C1=O. The van der Waals surface area contributed by atoms with Crippen LogP contribution in [0.5, 0.6) is 0 Å². The lowest BCUT2D eigenvalue weighted by Gasteiger charge is -2.37. The molecule has 224 valence electrons. The third-order valence-corrected chi connectivity index (χ3v) is 9.25. The number of nitrogens with zero attached hydrogens (tertiary/aromatic N) is 6. The van der Waals surface area contributed by atoms with Crippen molar-refractivity contribution in [1.82, 2.24) is 29.7 Å². The molecule has 0 bridgehead atoms. The van der Waals surface area contributed by atoms with Crippen molar-refractivity contribution >= 4 is 28.8 Å². The molecule has 1 aromatic heterocycles. The predicted molar refractivity (Wildman–Crippen MR) is 155 cm³/mol. The number of para-hydroxylation sites is 1. The Kier molecular flexibility index (Phi) is 7.65. The zero-order chi connectivity index (χ0) is 29.5.